The van der Waals surface area contributed by atoms with Gasteiger partial charge in [-0.3, -0.25) is 14.6 Å². The number of halogens is 1. The van der Waals surface area contributed by atoms with E-state index in [2.05, 4.69) is 15.2 Å². The lowest BCUT2D eigenvalue weighted by atomic mass is 10.1. The summed E-state index contributed by atoms with van der Waals surface area (Å²) >= 11 is 6.09. The lowest BCUT2D eigenvalue weighted by Crippen LogP contribution is -2.47. The molecule has 0 atom stereocenters. The Labute approximate surface area is 157 Å². The summed E-state index contributed by atoms with van der Waals surface area (Å²) in [6.45, 7) is 4.89. The van der Waals surface area contributed by atoms with Gasteiger partial charge in [-0.2, -0.15) is 0 Å². The Balaban J connectivity index is 1.75. The number of carbonyl (C=O) groups excluding carboxylic acids is 2. The van der Waals surface area contributed by atoms with Gasteiger partial charge in [-0.05, 0) is 43.8 Å². The molecule has 0 spiro atoms. The lowest BCUT2D eigenvalue weighted by Gasteiger charge is -2.32. The van der Waals surface area contributed by atoms with Crippen LogP contribution in [0.3, 0.4) is 0 Å². The fourth-order valence-corrected chi connectivity index (χ4v) is 2.98. The average Bonchev–Trinajstić information content (AvgIpc) is 2.65. The summed E-state index contributed by atoms with van der Waals surface area (Å²) in [6.07, 6.45) is 1.49. The molecule has 1 aromatic carbocycles. The monoisotopic (exact) mass is 372 g/mol. The van der Waals surface area contributed by atoms with E-state index in [9.17, 15) is 9.59 Å². The van der Waals surface area contributed by atoms with Crippen LogP contribution in [0.4, 0.5) is 5.69 Å². The Morgan fingerprint density at radius 1 is 1.15 bits per heavy atom. The van der Waals surface area contributed by atoms with Gasteiger partial charge in [0.1, 0.15) is 5.69 Å². The van der Waals surface area contributed by atoms with E-state index in [1.54, 1.807) is 29.2 Å². The molecule has 0 unspecified atom stereocenters. The van der Waals surface area contributed by atoms with Crippen molar-refractivity contribution in [1.82, 2.24) is 14.8 Å². The summed E-state index contributed by atoms with van der Waals surface area (Å²) in [6, 6.07) is 8.49. The highest BCUT2D eigenvalue weighted by atomic mass is 35.5. The molecule has 136 valence electrons. The molecule has 0 saturated carbocycles. The van der Waals surface area contributed by atoms with Gasteiger partial charge in [0.15, 0.2) is 0 Å². The first-order valence-electron chi connectivity index (χ1n) is 8.46. The van der Waals surface area contributed by atoms with E-state index < -0.39 is 0 Å². The van der Waals surface area contributed by atoms with Crippen LogP contribution in [0.1, 0.15) is 26.4 Å². The van der Waals surface area contributed by atoms with Crippen molar-refractivity contribution in [3.05, 3.63) is 58.4 Å². The van der Waals surface area contributed by atoms with E-state index in [0.29, 0.717) is 29.4 Å². The van der Waals surface area contributed by atoms with Crippen LogP contribution in [0.15, 0.2) is 36.5 Å². The minimum atomic E-state index is -0.372. The van der Waals surface area contributed by atoms with E-state index in [4.69, 9.17) is 11.6 Å². The van der Waals surface area contributed by atoms with Crippen LogP contribution in [0.25, 0.3) is 0 Å². The van der Waals surface area contributed by atoms with Crippen molar-refractivity contribution in [2.24, 2.45) is 0 Å². The molecule has 1 fully saturated rings. The zero-order valence-corrected chi connectivity index (χ0v) is 15.6. The number of likely N-dealkylation sites (N-methyl/N-ethyl adjacent to an activating group) is 1. The lowest BCUT2D eigenvalue weighted by molar-refractivity contribution is 0.0664. The number of carbonyl (C=O) groups is 2. The van der Waals surface area contributed by atoms with E-state index >= 15 is 0 Å². The normalized spacial score (nSPS) is 15.0. The van der Waals surface area contributed by atoms with Crippen molar-refractivity contribution in [2.75, 3.05) is 38.5 Å². The van der Waals surface area contributed by atoms with E-state index in [1.165, 1.54) is 12.3 Å². The largest absolute Gasteiger partial charge is 0.336 e. The molecule has 6 nitrogen and oxygen atoms in total. The molecule has 2 aromatic rings. The fraction of sp³-hybridized carbons (Fsp3) is 0.316. The molecule has 2 heterocycles. The summed E-state index contributed by atoms with van der Waals surface area (Å²) in [4.78, 5) is 33.3. The van der Waals surface area contributed by atoms with Gasteiger partial charge in [-0.25, -0.2) is 0 Å². The molecule has 7 heteroatoms. The van der Waals surface area contributed by atoms with Crippen LogP contribution < -0.4 is 5.32 Å². The second kappa shape index (κ2) is 7.85. The van der Waals surface area contributed by atoms with Crippen molar-refractivity contribution in [3.8, 4) is 0 Å². The Kier molecular flexibility index (Phi) is 5.54. The highest BCUT2D eigenvalue weighted by molar-refractivity contribution is 6.31. The van der Waals surface area contributed by atoms with Gasteiger partial charge >= 0.3 is 0 Å². The zero-order valence-electron chi connectivity index (χ0n) is 14.8. The van der Waals surface area contributed by atoms with E-state index in [0.717, 1.165) is 18.7 Å². The maximum atomic E-state index is 12.7. The first-order valence-corrected chi connectivity index (χ1v) is 8.84. The fourth-order valence-electron chi connectivity index (χ4n) is 2.81. The molecule has 26 heavy (non-hydrogen) atoms. The number of pyridine rings is 1. The molecule has 0 radical (unpaired) electrons. The molecular formula is C19H21ClN4O2. The third-order valence-electron chi connectivity index (χ3n) is 4.55. The molecule has 1 aliphatic heterocycles. The van der Waals surface area contributed by atoms with Gasteiger partial charge in [-0.1, -0.05) is 17.7 Å². The predicted molar refractivity (Wildman–Crippen MR) is 102 cm³/mol. The SMILES string of the molecule is Cc1c(Cl)cccc1NC(=O)c1cc(C(=O)N2CCN(C)CC2)ccn1. The zero-order chi connectivity index (χ0) is 18.7. The number of aromatic nitrogens is 1. The number of anilines is 1. The minimum absolute atomic E-state index is 0.0755. The third-order valence-corrected chi connectivity index (χ3v) is 4.96. The van der Waals surface area contributed by atoms with Gasteiger partial charge in [0.25, 0.3) is 11.8 Å². The number of nitrogens with zero attached hydrogens (tertiary/aromatic N) is 3. The maximum Gasteiger partial charge on any atom is 0.274 e. The minimum Gasteiger partial charge on any atom is -0.336 e. The van der Waals surface area contributed by atoms with E-state index in [-0.39, 0.29) is 17.5 Å². The average molecular weight is 373 g/mol. The summed E-state index contributed by atoms with van der Waals surface area (Å²) < 4.78 is 0. The quantitative estimate of drug-likeness (QED) is 0.899. The van der Waals surface area contributed by atoms with Gasteiger partial charge in [-0.15, -0.1) is 0 Å². The number of rotatable bonds is 3. The Hall–Kier alpha value is -2.44. The van der Waals surface area contributed by atoms with Crippen LogP contribution in [-0.4, -0.2) is 59.8 Å². The van der Waals surface area contributed by atoms with E-state index in [1.807, 2.05) is 14.0 Å². The molecule has 3 rings (SSSR count). The Bertz CT molecular complexity index is 832. The first kappa shape index (κ1) is 18.4. The number of nitrogens with one attached hydrogen (secondary N) is 1. The molecule has 1 aromatic heterocycles. The van der Waals surface area contributed by atoms with Crippen molar-refractivity contribution in [2.45, 2.75) is 6.92 Å². The van der Waals surface area contributed by atoms with Crippen molar-refractivity contribution in [3.63, 3.8) is 0 Å². The number of benzene rings is 1. The highest BCUT2D eigenvalue weighted by Gasteiger charge is 2.21. The van der Waals surface area contributed by atoms with Crippen molar-refractivity contribution in [1.29, 1.82) is 0 Å². The summed E-state index contributed by atoms with van der Waals surface area (Å²) in [5.41, 5.74) is 2.08. The third kappa shape index (κ3) is 4.03. The molecule has 0 aliphatic carbocycles. The summed E-state index contributed by atoms with van der Waals surface area (Å²) in [5, 5.41) is 3.38. The standard InChI is InChI=1S/C19H21ClN4O2/c1-13-15(20)4-3-5-16(13)22-18(25)17-12-14(6-7-21-17)19(26)24-10-8-23(2)9-11-24/h3-7,12H,8-11H2,1-2H3,(H,22,25). The smallest absolute Gasteiger partial charge is 0.274 e. The van der Waals surface area contributed by atoms with Crippen LogP contribution >= 0.6 is 11.6 Å². The molecule has 1 N–H and O–H groups in total. The van der Waals surface area contributed by atoms with Gasteiger partial charge in [0, 0.05) is 48.6 Å². The highest BCUT2D eigenvalue weighted by Crippen LogP contribution is 2.23. The van der Waals surface area contributed by atoms with Crippen molar-refractivity contribution < 1.29 is 9.59 Å². The second-order valence-corrected chi connectivity index (χ2v) is 6.80. The van der Waals surface area contributed by atoms with Crippen LogP contribution in [-0.2, 0) is 0 Å². The van der Waals surface area contributed by atoms with Crippen LogP contribution in [0, 0.1) is 6.92 Å². The predicted octanol–water partition coefficient (Wildman–Crippen LogP) is 2.68. The molecule has 1 aliphatic rings. The number of piperazine rings is 1. The second-order valence-electron chi connectivity index (χ2n) is 6.39. The van der Waals surface area contributed by atoms with Crippen molar-refractivity contribution >= 4 is 29.1 Å². The van der Waals surface area contributed by atoms with Gasteiger partial charge in [0.2, 0.25) is 0 Å². The summed E-state index contributed by atoms with van der Waals surface area (Å²) in [5.74, 6) is -0.447. The van der Waals surface area contributed by atoms with Gasteiger partial charge < -0.3 is 15.1 Å². The van der Waals surface area contributed by atoms with Crippen LogP contribution in [0.2, 0.25) is 5.02 Å². The molecule has 1 saturated heterocycles. The van der Waals surface area contributed by atoms with Gasteiger partial charge in [0.05, 0.1) is 0 Å². The molecule has 0 bridgehead atoms. The first-order chi connectivity index (χ1) is 12.5. The van der Waals surface area contributed by atoms with Crippen LogP contribution in [0.5, 0.6) is 0 Å². The number of hydrogen-bond acceptors (Lipinski definition) is 4. The molecule has 2 amide bonds. The Morgan fingerprint density at radius 3 is 2.62 bits per heavy atom. The summed E-state index contributed by atoms with van der Waals surface area (Å²) in [7, 11) is 2.04. The topological polar surface area (TPSA) is 65.5 Å². The maximum absolute atomic E-state index is 12.7. The number of amides is 2. The number of hydrogen-bond donors (Lipinski definition) is 1. The molecular weight excluding hydrogens is 352 g/mol. The Morgan fingerprint density at radius 2 is 1.88 bits per heavy atom.